The summed E-state index contributed by atoms with van der Waals surface area (Å²) in [6.07, 6.45) is 4.97. The van der Waals surface area contributed by atoms with Crippen LogP contribution in [0.1, 0.15) is 36.5 Å². The molecule has 1 aromatic heterocycles. The van der Waals surface area contributed by atoms with Gasteiger partial charge in [0.15, 0.2) is 0 Å². The molecule has 3 heterocycles. The number of likely N-dealkylation sites (tertiary alicyclic amines) is 1. The number of carbonyl (C=O) groups is 2. The fraction of sp³-hybridized carbons (Fsp3) is 0.632. The van der Waals surface area contributed by atoms with E-state index >= 15 is 0 Å². The van der Waals surface area contributed by atoms with Crippen LogP contribution in [0.25, 0.3) is 0 Å². The smallest absolute Gasteiger partial charge is 0.255 e. The summed E-state index contributed by atoms with van der Waals surface area (Å²) in [6, 6.07) is 3.78. The van der Waals surface area contributed by atoms with Gasteiger partial charge in [-0.15, -0.1) is 0 Å². The highest BCUT2D eigenvalue weighted by Gasteiger charge is 2.27. The first-order valence-corrected chi connectivity index (χ1v) is 9.39. The van der Waals surface area contributed by atoms with E-state index < -0.39 is 0 Å². The maximum absolute atomic E-state index is 12.6. The quantitative estimate of drug-likeness (QED) is 0.808. The van der Waals surface area contributed by atoms with Crippen molar-refractivity contribution in [1.82, 2.24) is 19.7 Å². The molecule has 3 rings (SSSR count). The average molecular weight is 360 g/mol. The molecule has 0 aromatic carbocycles. The number of amides is 2. The molecule has 0 saturated carbocycles. The predicted octanol–water partition coefficient (Wildman–Crippen LogP) is 1.25. The molecular weight excluding hydrogens is 332 g/mol. The van der Waals surface area contributed by atoms with Crippen LogP contribution in [0.15, 0.2) is 18.3 Å². The lowest BCUT2D eigenvalue weighted by atomic mass is 10.0. The summed E-state index contributed by atoms with van der Waals surface area (Å²) >= 11 is 0. The number of piperidine rings is 1. The summed E-state index contributed by atoms with van der Waals surface area (Å²) in [4.78, 5) is 35.2. The van der Waals surface area contributed by atoms with Crippen molar-refractivity contribution in [3.63, 3.8) is 0 Å². The maximum atomic E-state index is 12.6. The minimum atomic E-state index is -0.0178. The van der Waals surface area contributed by atoms with Crippen LogP contribution in [0, 0.1) is 0 Å². The van der Waals surface area contributed by atoms with Crippen molar-refractivity contribution in [3.8, 4) is 5.88 Å². The number of pyridine rings is 1. The van der Waals surface area contributed by atoms with Crippen molar-refractivity contribution < 1.29 is 14.3 Å². The molecule has 0 aliphatic carbocycles. The number of hydrogen-bond donors (Lipinski definition) is 0. The molecule has 7 nitrogen and oxygen atoms in total. The van der Waals surface area contributed by atoms with E-state index in [0.29, 0.717) is 37.1 Å². The summed E-state index contributed by atoms with van der Waals surface area (Å²) < 4.78 is 5.02. The summed E-state index contributed by atoms with van der Waals surface area (Å²) in [5, 5.41) is 0. The molecule has 26 heavy (non-hydrogen) atoms. The van der Waals surface area contributed by atoms with Gasteiger partial charge >= 0.3 is 0 Å². The van der Waals surface area contributed by atoms with E-state index in [4.69, 9.17) is 4.74 Å². The Morgan fingerprint density at radius 2 is 1.92 bits per heavy atom. The third-order valence-corrected chi connectivity index (χ3v) is 5.33. The van der Waals surface area contributed by atoms with Crippen LogP contribution in [-0.4, -0.2) is 83.9 Å². The lowest BCUT2D eigenvalue weighted by molar-refractivity contribution is -0.136. The fourth-order valence-corrected chi connectivity index (χ4v) is 3.67. The van der Waals surface area contributed by atoms with E-state index in [-0.39, 0.29) is 11.8 Å². The van der Waals surface area contributed by atoms with Gasteiger partial charge in [0.1, 0.15) is 0 Å². The molecule has 142 valence electrons. The Morgan fingerprint density at radius 1 is 1.15 bits per heavy atom. The van der Waals surface area contributed by atoms with E-state index in [2.05, 4.69) is 16.8 Å². The van der Waals surface area contributed by atoms with Gasteiger partial charge in [-0.1, -0.05) is 0 Å². The van der Waals surface area contributed by atoms with E-state index in [9.17, 15) is 9.59 Å². The normalized spacial score (nSPS) is 21.5. The maximum Gasteiger partial charge on any atom is 0.255 e. The zero-order valence-corrected chi connectivity index (χ0v) is 15.7. The third-order valence-electron chi connectivity index (χ3n) is 5.33. The van der Waals surface area contributed by atoms with Crippen LogP contribution in [0.2, 0.25) is 0 Å². The summed E-state index contributed by atoms with van der Waals surface area (Å²) in [5.74, 6) is 0.698. The Labute approximate surface area is 154 Å². The Bertz CT molecular complexity index is 626. The second-order valence-corrected chi connectivity index (χ2v) is 7.09. The molecular formula is C19H28N4O3. The van der Waals surface area contributed by atoms with Crippen LogP contribution >= 0.6 is 0 Å². The van der Waals surface area contributed by atoms with Gasteiger partial charge in [-0.05, 0) is 32.3 Å². The largest absolute Gasteiger partial charge is 0.481 e. The van der Waals surface area contributed by atoms with E-state index in [1.54, 1.807) is 25.4 Å². The first kappa shape index (κ1) is 18.6. The average Bonchev–Trinajstić information content (AvgIpc) is 2.68. The van der Waals surface area contributed by atoms with Gasteiger partial charge in [0, 0.05) is 51.0 Å². The van der Waals surface area contributed by atoms with E-state index in [1.165, 1.54) is 6.42 Å². The molecule has 2 aliphatic heterocycles. The van der Waals surface area contributed by atoms with Crippen LogP contribution in [0.5, 0.6) is 5.88 Å². The van der Waals surface area contributed by atoms with Gasteiger partial charge in [0.2, 0.25) is 11.8 Å². The monoisotopic (exact) mass is 360 g/mol. The fourth-order valence-electron chi connectivity index (χ4n) is 3.67. The van der Waals surface area contributed by atoms with Gasteiger partial charge in [0.05, 0.1) is 19.2 Å². The summed E-state index contributed by atoms with van der Waals surface area (Å²) in [6.45, 7) is 6.18. The number of nitrogens with zero attached hydrogens (tertiary/aromatic N) is 4. The summed E-state index contributed by atoms with van der Waals surface area (Å²) in [7, 11) is 1.55. The number of carbonyl (C=O) groups excluding carboxylic acids is 2. The Balaban J connectivity index is 1.48. The first-order chi connectivity index (χ1) is 12.6. The number of rotatable bonds is 4. The molecule has 2 aliphatic rings. The third kappa shape index (κ3) is 4.33. The Morgan fingerprint density at radius 3 is 2.54 bits per heavy atom. The number of methoxy groups -OCH3 is 1. The number of aromatic nitrogens is 1. The molecule has 7 heteroatoms. The van der Waals surface area contributed by atoms with Gasteiger partial charge in [0.25, 0.3) is 5.91 Å². The van der Waals surface area contributed by atoms with Crippen LogP contribution in [-0.2, 0) is 4.79 Å². The van der Waals surface area contributed by atoms with Gasteiger partial charge in [-0.2, -0.15) is 0 Å². The molecule has 1 atom stereocenters. The molecule has 2 amide bonds. The zero-order valence-electron chi connectivity index (χ0n) is 15.7. The van der Waals surface area contributed by atoms with E-state index in [1.807, 2.05) is 9.80 Å². The molecule has 2 fully saturated rings. The molecule has 0 spiro atoms. The van der Waals surface area contributed by atoms with Crippen molar-refractivity contribution in [3.05, 3.63) is 23.9 Å². The standard InChI is InChI=1S/C19H28N4O3/c1-15-5-3-4-8-23(15)18(24)14-21-9-11-22(12-10-21)19(25)16-6-7-17(26-2)20-13-16/h6-7,13,15H,3-5,8-12,14H2,1-2H3. The van der Waals surface area contributed by atoms with Crippen molar-refractivity contribution in [1.29, 1.82) is 0 Å². The first-order valence-electron chi connectivity index (χ1n) is 9.39. The van der Waals surface area contributed by atoms with E-state index in [0.717, 1.165) is 32.5 Å². The highest BCUT2D eigenvalue weighted by molar-refractivity contribution is 5.94. The number of hydrogen-bond acceptors (Lipinski definition) is 5. The van der Waals surface area contributed by atoms with Crippen molar-refractivity contribution in [2.45, 2.75) is 32.2 Å². The van der Waals surface area contributed by atoms with Crippen LogP contribution in [0.4, 0.5) is 0 Å². The molecule has 0 N–H and O–H groups in total. The predicted molar refractivity (Wildman–Crippen MR) is 98.2 cm³/mol. The Hall–Kier alpha value is -2.15. The lowest BCUT2D eigenvalue weighted by Crippen LogP contribution is -2.53. The highest BCUT2D eigenvalue weighted by atomic mass is 16.5. The highest BCUT2D eigenvalue weighted by Crippen LogP contribution is 2.17. The van der Waals surface area contributed by atoms with Crippen molar-refractivity contribution >= 4 is 11.8 Å². The second kappa shape index (κ2) is 8.49. The van der Waals surface area contributed by atoms with Crippen LogP contribution in [0.3, 0.4) is 0 Å². The number of piperazine rings is 1. The Kier molecular flexibility index (Phi) is 6.08. The van der Waals surface area contributed by atoms with Crippen LogP contribution < -0.4 is 4.74 Å². The topological polar surface area (TPSA) is 66.0 Å². The van der Waals surface area contributed by atoms with Gasteiger partial charge < -0.3 is 14.5 Å². The second-order valence-electron chi connectivity index (χ2n) is 7.09. The molecule has 2 saturated heterocycles. The SMILES string of the molecule is COc1ccc(C(=O)N2CCN(CC(=O)N3CCCCC3C)CC2)cn1. The molecule has 0 bridgehead atoms. The molecule has 1 aromatic rings. The summed E-state index contributed by atoms with van der Waals surface area (Å²) in [5.41, 5.74) is 0.567. The zero-order chi connectivity index (χ0) is 18.5. The van der Waals surface area contributed by atoms with Gasteiger partial charge in [-0.25, -0.2) is 4.98 Å². The van der Waals surface area contributed by atoms with Gasteiger partial charge in [-0.3, -0.25) is 14.5 Å². The minimum Gasteiger partial charge on any atom is -0.481 e. The minimum absolute atomic E-state index is 0.0178. The molecule has 0 radical (unpaired) electrons. The molecule has 1 unspecified atom stereocenters. The number of ether oxygens (including phenoxy) is 1. The van der Waals surface area contributed by atoms with Crippen molar-refractivity contribution in [2.75, 3.05) is 46.4 Å². The lowest BCUT2D eigenvalue weighted by Gasteiger charge is -2.38. The van der Waals surface area contributed by atoms with Crippen molar-refractivity contribution in [2.24, 2.45) is 0 Å².